The lowest BCUT2D eigenvalue weighted by molar-refractivity contribution is -0.146. The predicted molar refractivity (Wildman–Crippen MR) is 122 cm³/mol. The Bertz CT molecular complexity index is 758. The third-order valence-corrected chi connectivity index (χ3v) is 8.67. The highest BCUT2D eigenvalue weighted by atomic mass is 79.9. The summed E-state index contributed by atoms with van der Waals surface area (Å²) in [4.78, 5) is 41.9. The fraction of sp³-hybridized carbons (Fsp3) is 0.870. The smallest absolute Gasteiger partial charge is 0.246 e. The standard InChI is InChI=1S/C23H36BrN3O5/c1-12(2)9-14(11-28)27-19(21(30)26-13-7-5-4-6-8-13)23-10-15(24)18(32-23)16(20(29)25-3)17(23)22(27)31/h12-19,28H,4-11H2,1-3H3,(H,25,29)(H,26,30)/t14-,15?,16+,17+,18+,19?,23?/m1/s1. The van der Waals surface area contributed by atoms with Gasteiger partial charge < -0.3 is 25.4 Å². The largest absolute Gasteiger partial charge is 0.394 e. The van der Waals surface area contributed by atoms with E-state index in [1.54, 1.807) is 11.9 Å². The zero-order chi connectivity index (χ0) is 23.2. The number of alkyl halides is 1. The van der Waals surface area contributed by atoms with Crippen LogP contribution in [0.25, 0.3) is 0 Å². The molecule has 0 aromatic rings. The number of aliphatic hydroxyl groups excluding tert-OH is 1. The van der Waals surface area contributed by atoms with Gasteiger partial charge in [-0.1, -0.05) is 49.0 Å². The van der Waals surface area contributed by atoms with Gasteiger partial charge in [0, 0.05) is 17.9 Å². The summed E-state index contributed by atoms with van der Waals surface area (Å²) in [5.74, 6) is -1.84. The van der Waals surface area contributed by atoms with Gasteiger partial charge in [0.25, 0.3) is 0 Å². The molecule has 2 bridgehead atoms. The normalized spacial score (nSPS) is 37.6. The number of carbonyl (C=O) groups is 3. The number of nitrogens with zero attached hydrogens (tertiary/aromatic N) is 1. The molecule has 4 aliphatic rings. The maximum absolute atomic E-state index is 13.9. The molecular formula is C23H36BrN3O5. The first-order valence-electron chi connectivity index (χ1n) is 12.0. The minimum Gasteiger partial charge on any atom is -0.394 e. The molecule has 3 saturated heterocycles. The van der Waals surface area contributed by atoms with Crippen LogP contribution < -0.4 is 10.6 Å². The number of nitrogens with one attached hydrogen (secondary N) is 2. The van der Waals surface area contributed by atoms with Crippen LogP contribution >= 0.6 is 15.9 Å². The van der Waals surface area contributed by atoms with Crippen molar-refractivity contribution < 1.29 is 24.2 Å². The Morgan fingerprint density at radius 2 is 1.94 bits per heavy atom. The van der Waals surface area contributed by atoms with Crippen molar-refractivity contribution in [3.8, 4) is 0 Å². The highest BCUT2D eigenvalue weighted by molar-refractivity contribution is 9.09. The first-order chi connectivity index (χ1) is 15.2. The average molecular weight is 514 g/mol. The number of hydrogen-bond donors (Lipinski definition) is 3. The summed E-state index contributed by atoms with van der Waals surface area (Å²) in [6.45, 7) is 3.83. The summed E-state index contributed by atoms with van der Waals surface area (Å²) in [5, 5.41) is 16.1. The Balaban J connectivity index is 1.73. The molecule has 3 amide bonds. The molecule has 7 atom stereocenters. The molecule has 8 nitrogen and oxygen atoms in total. The van der Waals surface area contributed by atoms with Gasteiger partial charge in [0.1, 0.15) is 11.6 Å². The van der Waals surface area contributed by atoms with E-state index in [0.717, 1.165) is 25.7 Å². The van der Waals surface area contributed by atoms with Crippen LogP contribution in [0, 0.1) is 17.8 Å². The number of hydrogen-bond acceptors (Lipinski definition) is 5. The minimum atomic E-state index is -1.06. The zero-order valence-electron chi connectivity index (χ0n) is 19.2. The molecule has 180 valence electrons. The lowest BCUT2D eigenvalue weighted by Crippen LogP contribution is -2.59. The molecule has 3 heterocycles. The highest BCUT2D eigenvalue weighted by Gasteiger charge is 2.77. The number of ether oxygens (including phenoxy) is 1. The minimum absolute atomic E-state index is 0.0921. The van der Waals surface area contributed by atoms with Gasteiger partial charge in [0.2, 0.25) is 17.7 Å². The van der Waals surface area contributed by atoms with E-state index in [9.17, 15) is 19.5 Å². The van der Waals surface area contributed by atoms with Crippen LogP contribution in [-0.4, -0.2) is 76.0 Å². The SMILES string of the molecule is CNC(=O)[C@H]1[C@H]2C(=O)N([C@@H](CO)CC(C)C)C(C(=O)NC3CCCCC3)C23CC(Br)[C@@H]1O3. The van der Waals surface area contributed by atoms with E-state index in [-0.39, 0.29) is 41.1 Å². The van der Waals surface area contributed by atoms with Gasteiger partial charge in [-0.2, -0.15) is 0 Å². The first-order valence-corrected chi connectivity index (χ1v) is 12.9. The second kappa shape index (κ2) is 9.22. The van der Waals surface area contributed by atoms with Crippen molar-refractivity contribution in [3.05, 3.63) is 0 Å². The zero-order valence-corrected chi connectivity index (χ0v) is 20.8. The number of halogens is 1. The van der Waals surface area contributed by atoms with Crippen LogP contribution in [0.1, 0.15) is 58.8 Å². The van der Waals surface area contributed by atoms with E-state index in [1.165, 1.54) is 6.42 Å². The number of fused-ring (bicyclic) bond motifs is 1. The highest BCUT2D eigenvalue weighted by Crippen LogP contribution is 2.60. The molecule has 3 N–H and O–H groups in total. The van der Waals surface area contributed by atoms with Gasteiger partial charge in [-0.05, 0) is 31.6 Å². The maximum atomic E-state index is 13.9. The maximum Gasteiger partial charge on any atom is 0.246 e. The van der Waals surface area contributed by atoms with E-state index in [2.05, 4.69) is 26.6 Å². The van der Waals surface area contributed by atoms with Crippen molar-refractivity contribution in [3.63, 3.8) is 0 Å². The van der Waals surface area contributed by atoms with Crippen molar-refractivity contribution >= 4 is 33.7 Å². The number of aliphatic hydroxyl groups is 1. The summed E-state index contributed by atoms with van der Waals surface area (Å²) < 4.78 is 6.44. The van der Waals surface area contributed by atoms with Gasteiger partial charge in [-0.15, -0.1) is 0 Å². The molecule has 4 fully saturated rings. The molecule has 9 heteroatoms. The Labute approximate surface area is 198 Å². The van der Waals surface area contributed by atoms with E-state index < -0.39 is 35.6 Å². The van der Waals surface area contributed by atoms with Gasteiger partial charge in [-0.25, -0.2) is 0 Å². The molecule has 1 spiro atoms. The Hall–Kier alpha value is -1.19. The molecule has 1 aliphatic carbocycles. The van der Waals surface area contributed by atoms with Gasteiger partial charge in [-0.3, -0.25) is 14.4 Å². The van der Waals surface area contributed by atoms with Crippen molar-refractivity contribution in [1.82, 2.24) is 15.5 Å². The quantitative estimate of drug-likeness (QED) is 0.445. The third kappa shape index (κ3) is 3.78. The molecule has 32 heavy (non-hydrogen) atoms. The van der Waals surface area contributed by atoms with E-state index in [1.807, 2.05) is 13.8 Å². The fourth-order valence-corrected chi connectivity index (χ4v) is 7.52. The molecule has 1 saturated carbocycles. The van der Waals surface area contributed by atoms with Crippen LogP contribution in [0.5, 0.6) is 0 Å². The predicted octanol–water partition coefficient (Wildman–Crippen LogP) is 1.34. The van der Waals surface area contributed by atoms with Gasteiger partial charge >= 0.3 is 0 Å². The van der Waals surface area contributed by atoms with Gasteiger partial charge in [0.05, 0.1) is 30.6 Å². The van der Waals surface area contributed by atoms with Crippen LogP contribution in [0.3, 0.4) is 0 Å². The summed E-state index contributed by atoms with van der Waals surface area (Å²) in [5.41, 5.74) is -1.06. The monoisotopic (exact) mass is 513 g/mol. The summed E-state index contributed by atoms with van der Waals surface area (Å²) >= 11 is 3.66. The van der Waals surface area contributed by atoms with Crippen LogP contribution in [0.2, 0.25) is 0 Å². The van der Waals surface area contributed by atoms with Gasteiger partial charge in [0.15, 0.2) is 0 Å². The van der Waals surface area contributed by atoms with Crippen molar-refractivity contribution in [2.75, 3.05) is 13.7 Å². The topological polar surface area (TPSA) is 108 Å². The first kappa shape index (κ1) is 24.0. The van der Waals surface area contributed by atoms with Crippen LogP contribution in [0.15, 0.2) is 0 Å². The number of carbonyl (C=O) groups excluding carboxylic acids is 3. The number of amides is 3. The fourth-order valence-electron chi connectivity index (χ4n) is 6.57. The van der Waals surface area contributed by atoms with Crippen LogP contribution in [-0.2, 0) is 19.1 Å². The second-order valence-corrected chi connectivity index (χ2v) is 11.5. The van der Waals surface area contributed by atoms with Crippen molar-refractivity contribution in [2.24, 2.45) is 17.8 Å². The summed E-state index contributed by atoms with van der Waals surface area (Å²) in [7, 11) is 1.56. The van der Waals surface area contributed by atoms with Crippen LogP contribution in [0.4, 0.5) is 0 Å². The Morgan fingerprint density at radius 3 is 2.53 bits per heavy atom. The molecule has 0 radical (unpaired) electrons. The number of rotatable bonds is 7. The molecular weight excluding hydrogens is 478 g/mol. The second-order valence-electron chi connectivity index (χ2n) is 10.3. The van der Waals surface area contributed by atoms with E-state index in [0.29, 0.717) is 12.8 Å². The number of likely N-dealkylation sites (tertiary alicyclic amines) is 1. The van der Waals surface area contributed by atoms with Crippen molar-refractivity contribution in [1.29, 1.82) is 0 Å². The Kier molecular flexibility index (Phi) is 6.90. The van der Waals surface area contributed by atoms with Crippen molar-refractivity contribution in [2.45, 2.75) is 93.5 Å². The average Bonchev–Trinajstić information content (AvgIpc) is 3.35. The molecule has 3 aliphatic heterocycles. The molecule has 4 rings (SSSR count). The summed E-state index contributed by atoms with van der Waals surface area (Å²) in [6, 6.07) is -1.25. The third-order valence-electron chi connectivity index (χ3n) is 7.82. The molecule has 3 unspecified atom stereocenters. The molecule has 0 aromatic heterocycles. The lowest BCUT2D eigenvalue weighted by Gasteiger charge is -2.38. The van der Waals surface area contributed by atoms with E-state index >= 15 is 0 Å². The molecule has 0 aromatic carbocycles. The lowest BCUT2D eigenvalue weighted by atomic mass is 9.70. The van der Waals surface area contributed by atoms with E-state index in [4.69, 9.17) is 4.74 Å². The Morgan fingerprint density at radius 1 is 1.25 bits per heavy atom. The summed E-state index contributed by atoms with van der Waals surface area (Å²) in [6.07, 6.45) is 5.82.